The molecule has 3 aromatic rings. The van der Waals surface area contributed by atoms with Gasteiger partial charge in [-0.15, -0.1) is 10.2 Å². The summed E-state index contributed by atoms with van der Waals surface area (Å²) < 4.78 is 1.78. The van der Waals surface area contributed by atoms with Gasteiger partial charge in [0.15, 0.2) is 5.82 Å². The van der Waals surface area contributed by atoms with E-state index in [1.54, 1.807) is 34.1 Å². The number of carbonyl (C=O) groups excluding carboxylic acids is 1. The van der Waals surface area contributed by atoms with Crippen LogP contribution in [0.15, 0.2) is 43.0 Å². The quantitative estimate of drug-likeness (QED) is 0.728. The molecule has 1 saturated heterocycles. The number of benzene rings is 1. The van der Waals surface area contributed by atoms with Gasteiger partial charge < -0.3 is 9.80 Å². The molecule has 4 rings (SSSR count). The Morgan fingerprint density at radius 1 is 1.33 bits per heavy atom. The van der Waals surface area contributed by atoms with Crippen LogP contribution in [0.25, 0.3) is 5.65 Å². The lowest BCUT2D eigenvalue weighted by molar-refractivity contribution is -0.118. The number of likely N-dealkylation sites (N-methyl/N-ethyl adjacent to an activating group) is 1. The van der Waals surface area contributed by atoms with Crippen molar-refractivity contribution in [3.05, 3.63) is 48.0 Å². The lowest BCUT2D eigenvalue weighted by Crippen LogP contribution is -2.40. The third-order valence-corrected chi connectivity index (χ3v) is 4.64. The highest BCUT2D eigenvalue weighted by atomic mass is 35.5. The van der Waals surface area contributed by atoms with E-state index >= 15 is 0 Å². The van der Waals surface area contributed by atoms with Gasteiger partial charge in [-0.1, -0.05) is 23.7 Å². The van der Waals surface area contributed by atoms with Crippen molar-refractivity contribution in [1.82, 2.24) is 19.6 Å². The minimum absolute atomic E-state index is 0.00826. The van der Waals surface area contributed by atoms with Crippen LogP contribution in [-0.2, 0) is 4.79 Å². The van der Waals surface area contributed by atoms with Crippen molar-refractivity contribution in [2.24, 2.45) is 0 Å². The third kappa shape index (κ3) is 2.28. The van der Waals surface area contributed by atoms with Crippen molar-refractivity contribution in [2.45, 2.75) is 12.5 Å². The maximum Gasteiger partial charge on any atom is 0.249 e. The molecule has 1 aromatic carbocycles. The first kappa shape index (κ1) is 14.9. The smallest absolute Gasteiger partial charge is 0.249 e. The number of hydrogen-bond donors (Lipinski definition) is 0. The Bertz CT molecular complexity index is 910. The van der Waals surface area contributed by atoms with E-state index in [9.17, 15) is 4.79 Å². The predicted molar refractivity (Wildman–Crippen MR) is 91.4 cm³/mol. The molecule has 122 valence electrons. The summed E-state index contributed by atoms with van der Waals surface area (Å²) in [4.78, 5) is 20.9. The molecule has 1 aliphatic heterocycles. The van der Waals surface area contributed by atoms with Gasteiger partial charge in [-0.2, -0.15) is 0 Å². The van der Waals surface area contributed by atoms with Gasteiger partial charge >= 0.3 is 0 Å². The van der Waals surface area contributed by atoms with Crippen molar-refractivity contribution in [3.63, 3.8) is 0 Å². The van der Waals surface area contributed by atoms with Crippen LogP contribution in [0, 0.1) is 0 Å². The molecule has 0 saturated carbocycles. The molecule has 1 fully saturated rings. The van der Waals surface area contributed by atoms with E-state index < -0.39 is 0 Å². The van der Waals surface area contributed by atoms with E-state index in [1.807, 2.05) is 30.1 Å². The van der Waals surface area contributed by atoms with E-state index in [0.717, 1.165) is 5.69 Å². The standard InChI is InChI=1S/C16H15ClN6O/c1-21(14-15-20-19-10-22(15)9-7-18-14)13-6-8-23(16(13)24)12-5-3-2-4-11(12)17/h2-5,7,9-10,13H,6,8H2,1H3/t13-/m0/s1. The Kier molecular flexibility index (Phi) is 3.57. The zero-order chi connectivity index (χ0) is 16.7. The van der Waals surface area contributed by atoms with Crippen LogP contribution >= 0.6 is 11.6 Å². The number of anilines is 2. The van der Waals surface area contributed by atoms with E-state index in [1.165, 1.54) is 0 Å². The molecule has 0 unspecified atom stereocenters. The molecular weight excluding hydrogens is 328 g/mol. The first-order valence-corrected chi connectivity index (χ1v) is 7.97. The van der Waals surface area contributed by atoms with Gasteiger partial charge in [0, 0.05) is 26.0 Å². The van der Waals surface area contributed by atoms with Crippen LogP contribution in [0.1, 0.15) is 6.42 Å². The molecule has 0 radical (unpaired) electrons. The first-order valence-electron chi connectivity index (χ1n) is 7.60. The van der Waals surface area contributed by atoms with Crippen LogP contribution in [0.2, 0.25) is 5.02 Å². The van der Waals surface area contributed by atoms with Gasteiger partial charge in [0.25, 0.3) is 0 Å². The zero-order valence-corrected chi connectivity index (χ0v) is 13.8. The van der Waals surface area contributed by atoms with Crippen molar-refractivity contribution in [2.75, 3.05) is 23.4 Å². The van der Waals surface area contributed by atoms with Crippen LogP contribution < -0.4 is 9.80 Å². The summed E-state index contributed by atoms with van der Waals surface area (Å²) in [5.74, 6) is 0.642. The maximum absolute atomic E-state index is 12.9. The Morgan fingerprint density at radius 2 is 2.17 bits per heavy atom. The molecule has 0 aliphatic carbocycles. The summed E-state index contributed by atoms with van der Waals surface area (Å²) in [5.41, 5.74) is 1.37. The molecule has 0 N–H and O–H groups in total. The summed E-state index contributed by atoms with van der Waals surface area (Å²) in [5, 5.41) is 8.56. The average molecular weight is 343 g/mol. The molecule has 1 atom stereocenters. The summed E-state index contributed by atoms with van der Waals surface area (Å²) >= 11 is 6.24. The largest absolute Gasteiger partial charge is 0.344 e. The molecule has 7 nitrogen and oxygen atoms in total. The van der Waals surface area contributed by atoms with Gasteiger partial charge in [-0.05, 0) is 18.6 Å². The Morgan fingerprint density at radius 3 is 3.00 bits per heavy atom. The minimum atomic E-state index is -0.309. The van der Waals surface area contributed by atoms with Gasteiger partial charge in [0.2, 0.25) is 11.6 Å². The second kappa shape index (κ2) is 5.76. The Hall–Kier alpha value is -2.67. The van der Waals surface area contributed by atoms with Crippen molar-refractivity contribution < 1.29 is 4.79 Å². The van der Waals surface area contributed by atoms with E-state index in [0.29, 0.717) is 29.5 Å². The summed E-state index contributed by atoms with van der Waals surface area (Å²) in [6.07, 6.45) is 5.75. The lowest BCUT2D eigenvalue weighted by Gasteiger charge is -2.25. The highest BCUT2D eigenvalue weighted by Gasteiger charge is 2.37. The normalized spacial score (nSPS) is 17.7. The fourth-order valence-corrected chi connectivity index (χ4v) is 3.31. The summed E-state index contributed by atoms with van der Waals surface area (Å²) in [6.45, 7) is 0.618. The zero-order valence-electron chi connectivity index (χ0n) is 13.0. The molecule has 1 amide bonds. The lowest BCUT2D eigenvalue weighted by atomic mass is 10.2. The Balaban J connectivity index is 1.65. The number of amides is 1. The predicted octanol–water partition coefficient (Wildman–Crippen LogP) is 2.02. The number of rotatable bonds is 3. The molecule has 8 heteroatoms. The molecular formula is C16H15ClN6O. The second-order valence-corrected chi connectivity index (χ2v) is 6.08. The van der Waals surface area contributed by atoms with Gasteiger partial charge in [-0.3, -0.25) is 9.20 Å². The van der Waals surface area contributed by atoms with Crippen LogP contribution in [0.3, 0.4) is 0 Å². The molecule has 2 aromatic heterocycles. The average Bonchev–Trinajstić information content (AvgIpc) is 3.21. The molecule has 0 bridgehead atoms. The fraction of sp³-hybridized carbons (Fsp3) is 0.250. The van der Waals surface area contributed by atoms with Crippen LogP contribution in [0.4, 0.5) is 11.5 Å². The fourth-order valence-electron chi connectivity index (χ4n) is 3.08. The van der Waals surface area contributed by atoms with E-state index in [2.05, 4.69) is 15.2 Å². The molecule has 24 heavy (non-hydrogen) atoms. The van der Waals surface area contributed by atoms with Crippen molar-refractivity contribution in [3.8, 4) is 0 Å². The van der Waals surface area contributed by atoms with Gasteiger partial charge in [0.05, 0.1) is 10.7 Å². The van der Waals surface area contributed by atoms with Crippen LogP contribution in [0.5, 0.6) is 0 Å². The number of carbonyl (C=O) groups is 1. The number of aromatic nitrogens is 4. The molecule has 0 spiro atoms. The van der Waals surface area contributed by atoms with E-state index in [-0.39, 0.29) is 11.9 Å². The molecule has 1 aliphatic rings. The van der Waals surface area contributed by atoms with E-state index in [4.69, 9.17) is 11.6 Å². The minimum Gasteiger partial charge on any atom is -0.344 e. The topological polar surface area (TPSA) is 66.6 Å². The van der Waals surface area contributed by atoms with Crippen molar-refractivity contribution in [1.29, 1.82) is 0 Å². The molecule has 3 heterocycles. The maximum atomic E-state index is 12.9. The third-order valence-electron chi connectivity index (χ3n) is 4.32. The monoisotopic (exact) mass is 342 g/mol. The number of fused-ring (bicyclic) bond motifs is 1. The van der Waals surface area contributed by atoms with Crippen LogP contribution in [-0.4, -0.2) is 45.1 Å². The second-order valence-electron chi connectivity index (χ2n) is 5.67. The first-order chi connectivity index (χ1) is 11.7. The highest BCUT2D eigenvalue weighted by Crippen LogP contribution is 2.31. The summed E-state index contributed by atoms with van der Waals surface area (Å²) in [6, 6.07) is 7.08. The summed E-state index contributed by atoms with van der Waals surface area (Å²) in [7, 11) is 1.86. The van der Waals surface area contributed by atoms with Crippen molar-refractivity contribution >= 4 is 34.7 Å². The number of para-hydroxylation sites is 1. The Labute approximate surface area is 143 Å². The van der Waals surface area contributed by atoms with Gasteiger partial charge in [0.1, 0.15) is 12.4 Å². The number of nitrogens with zero attached hydrogens (tertiary/aromatic N) is 6. The van der Waals surface area contributed by atoms with Gasteiger partial charge in [-0.25, -0.2) is 4.98 Å². The highest BCUT2D eigenvalue weighted by molar-refractivity contribution is 6.34. The number of halogens is 1. The SMILES string of the molecule is CN(c1nccn2cnnc12)[C@H]1CCN(c2ccccc2Cl)C1=O. The number of hydrogen-bond acceptors (Lipinski definition) is 5.